The standard InChI is InChI=1S/C17H19FN2O3S/c1-17(2)16(22)19-7-8-20(17)15(21)14-10(9-23-3)13-11(18)5-4-6-12(13)24-14/h4-6H,7-9H2,1-3H3,(H,19,22). The summed E-state index contributed by atoms with van der Waals surface area (Å²) in [5.74, 6) is -0.823. The summed E-state index contributed by atoms with van der Waals surface area (Å²) in [5.41, 5.74) is -0.406. The van der Waals surface area contributed by atoms with Crippen LogP contribution < -0.4 is 5.32 Å². The quantitative estimate of drug-likeness (QED) is 0.925. The van der Waals surface area contributed by atoms with Gasteiger partial charge in [-0.3, -0.25) is 9.59 Å². The minimum atomic E-state index is -0.950. The van der Waals surface area contributed by atoms with Gasteiger partial charge in [-0.2, -0.15) is 0 Å². The Morgan fingerprint density at radius 2 is 2.21 bits per heavy atom. The molecule has 128 valence electrons. The van der Waals surface area contributed by atoms with Crippen molar-refractivity contribution in [3.8, 4) is 0 Å². The predicted octanol–water partition coefficient (Wildman–Crippen LogP) is 2.54. The first-order valence-corrected chi connectivity index (χ1v) is 8.48. The number of fused-ring (bicyclic) bond motifs is 1. The van der Waals surface area contributed by atoms with E-state index >= 15 is 0 Å². The number of amides is 2. The summed E-state index contributed by atoms with van der Waals surface area (Å²) >= 11 is 1.24. The first-order valence-electron chi connectivity index (χ1n) is 7.67. The van der Waals surface area contributed by atoms with Crippen LogP contribution in [-0.2, 0) is 16.1 Å². The number of benzene rings is 1. The van der Waals surface area contributed by atoms with E-state index in [1.807, 2.05) is 0 Å². The highest BCUT2D eigenvalue weighted by Crippen LogP contribution is 2.35. The van der Waals surface area contributed by atoms with Crippen LogP contribution in [0.15, 0.2) is 18.2 Å². The largest absolute Gasteiger partial charge is 0.380 e. The molecule has 0 atom stereocenters. The second-order valence-electron chi connectivity index (χ2n) is 6.23. The van der Waals surface area contributed by atoms with Gasteiger partial charge in [-0.1, -0.05) is 6.07 Å². The van der Waals surface area contributed by atoms with Gasteiger partial charge in [0.1, 0.15) is 11.4 Å². The average molecular weight is 350 g/mol. The Bertz CT molecular complexity index is 816. The molecule has 0 spiro atoms. The molecule has 7 heteroatoms. The summed E-state index contributed by atoms with van der Waals surface area (Å²) in [7, 11) is 1.51. The highest BCUT2D eigenvalue weighted by atomic mass is 32.1. The highest BCUT2D eigenvalue weighted by molar-refractivity contribution is 7.21. The molecule has 1 aliphatic heterocycles. The van der Waals surface area contributed by atoms with Crippen molar-refractivity contribution < 1.29 is 18.7 Å². The average Bonchev–Trinajstić information content (AvgIpc) is 2.90. The number of carbonyl (C=O) groups excluding carboxylic acids is 2. The Labute approximate surface area is 143 Å². The zero-order valence-electron chi connectivity index (χ0n) is 13.8. The molecule has 1 aliphatic rings. The fourth-order valence-corrected chi connectivity index (χ4v) is 4.17. The molecule has 2 amide bonds. The summed E-state index contributed by atoms with van der Waals surface area (Å²) in [4.78, 5) is 27.2. The molecule has 0 saturated carbocycles. The molecular formula is C17H19FN2O3S. The molecule has 1 aromatic heterocycles. The van der Waals surface area contributed by atoms with Crippen molar-refractivity contribution in [1.29, 1.82) is 0 Å². The topological polar surface area (TPSA) is 58.6 Å². The molecule has 1 aromatic carbocycles. The van der Waals surface area contributed by atoms with Crippen molar-refractivity contribution in [1.82, 2.24) is 10.2 Å². The Morgan fingerprint density at radius 1 is 1.46 bits per heavy atom. The number of ether oxygens (including phenoxy) is 1. The number of nitrogens with zero attached hydrogens (tertiary/aromatic N) is 1. The van der Waals surface area contributed by atoms with E-state index in [2.05, 4.69) is 5.32 Å². The summed E-state index contributed by atoms with van der Waals surface area (Å²) < 4.78 is 20.2. The third-order valence-corrected chi connectivity index (χ3v) is 5.53. The number of rotatable bonds is 3. The second kappa shape index (κ2) is 6.14. The molecular weight excluding hydrogens is 331 g/mol. The molecule has 1 fully saturated rings. The molecule has 3 rings (SSSR count). The first kappa shape index (κ1) is 16.9. The predicted molar refractivity (Wildman–Crippen MR) is 90.6 cm³/mol. The van der Waals surface area contributed by atoms with Gasteiger partial charge in [-0.25, -0.2) is 4.39 Å². The van der Waals surface area contributed by atoms with E-state index in [1.54, 1.807) is 30.9 Å². The third kappa shape index (κ3) is 2.57. The molecule has 0 bridgehead atoms. The number of piperazine rings is 1. The van der Waals surface area contributed by atoms with E-state index in [-0.39, 0.29) is 24.2 Å². The summed E-state index contributed by atoms with van der Waals surface area (Å²) in [6, 6.07) is 4.78. The molecule has 2 aromatic rings. The smallest absolute Gasteiger partial charge is 0.265 e. The van der Waals surface area contributed by atoms with Crippen LogP contribution in [0.5, 0.6) is 0 Å². The van der Waals surface area contributed by atoms with Crippen LogP contribution in [-0.4, -0.2) is 42.5 Å². The van der Waals surface area contributed by atoms with Gasteiger partial charge in [-0.05, 0) is 26.0 Å². The van der Waals surface area contributed by atoms with Crippen LogP contribution in [0.25, 0.3) is 10.1 Å². The first-order chi connectivity index (χ1) is 11.4. The minimum absolute atomic E-state index is 0.141. The fraction of sp³-hybridized carbons (Fsp3) is 0.412. The van der Waals surface area contributed by atoms with Crippen molar-refractivity contribution in [2.24, 2.45) is 0 Å². The molecule has 2 heterocycles. The van der Waals surface area contributed by atoms with E-state index in [0.717, 1.165) is 0 Å². The molecule has 1 N–H and O–H groups in total. The molecule has 24 heavy (non-hydrogen) atoms. The van der Waals surface area contributed by atoms with E-state index in [4.69, 9.17) is 4.74 Å². The van der Waals surface area contributed by atoms with Gasteiger partial charge in [0.25, 0.3) is 5.91 Å². The van der Waals surface area contributed by atoms with Crippen LogP contribution in [0.4, 0.5) is 4.39 Å². The summed E-state index contributed by atoms with van der Waals surface area (Å²) in [5, 5.41) is 3.19. The monoisotopic (exact) mass is 350 g/mol. The normalized spacial score (nSPS) is 17.2. The Morgan fingerprint density at radius 3 is 2.92 bits per heavy atom. The lowest BCUT2D eigenvalue weighted by molar-refractivity contribution is -0.133. The summed E-state index contributed by atoms with van der Waals surface area (Å²) in [6.45, 7) is 4.39. The van der Waals surface area contributed by atoms with Gasteiger partial charge in [0.15, 0.2) is 0 Å². The Balaban J connectivity index is 2.11. The number of hydrogen-bond acceptors (Lipinski definition) is 4. The number of thiophene rings is 1. The fourth-order valence-electron chi connectivity index (χ4n) is 3.00. The maximum atomic E-state index is 14.3. The van der Waals surface area contributed by atoms with Gasteiger partial charge < -0.3 is 15.0 Å². The third-order valence-electron chi connectivity index (χ3n) is 4.34. The Kier molecular flexibility index (Phi) is 4.31. The van der Waals surface area contributed by atoms with Gasteiger partial charge in [-0.15, -0.1) is 11.3 Å². The lowest BCUT2D eigenvalue weighted by Gasteiger charge is -2.41. The van der Waals surface area contributed by atoms with Gasteiger partial charge in [0, 0.05) is 35.8 Å². The van der Waals surface area contributed by atoms with E-state index < -0.39 is 5.54 Å². The van der Waals surface area contributed by atoms with Crippen molar-refractivity contribution in [2.75, 3.05) is 20.2 Å². The lowest BCUT2D eigenvalue weighted by atomic mass is 9.98. The van der Waals surface area contributed by atoms with E-state index in [1.165, 1.54) is 24.5 Å². The van der Waals surface area contributed by atoms with E-state index in [0.29, 0.717) is 33.6 Å². The van der Waals surface area contributed by atoms with Crippen LogP contribution in [0.1, 0.15) is 29.1 Å². The second-order valence-corrected chi connectivity index (χ2v) is 7.28. The van der Waals surface area contributed by atoms with Crippen LogP contribution >= 0.6 is 11.3 Å². The van der Waals surface area contributed by atoms with Crippen molar-refractivity contribution in [3.05, 3.63) is 34.5 Å². The Hall–Kier alpha value is -1.99. The van der Waals surface area contributed by atoms with E-state index in [9.17, 15) is 14.0 Å². The van der Waals surface area contributed by atoms with Gasteiger partial charge >= 0.3 is 0 Å². The van der Waals surface area contributed by atoms with Crippen molar-refractivity contribution in [3.63, 3.8) is 0 Å². The SMILES string of the molecule is COCc1c(C(=O)N2CCNC(=O)C2(C)C)sc2cccc(F)c12. The maximum absolute atomic E-state index is 14.3. The van der Waals surface area contributed by atoms with Crippen LogP contribution in [0.3, 0.4) is 0 Å². The summed E-state index contributed by atoms with van der Waals surface area (Å²) in [6.07, 6.45) is 0. The molecule has 1 saturated heterocycles. The van der Waals surface area contributed by atoms with Gasteiger partial charge in [0.2, 0.25) is 5.91 Å². The number of methoxy groups -OCH3 is 1. The lowest BCUT2D eigenvalue weighted by Crippen LogP contribution is -2.63. The van der Waals surface area contributed by atoms with Crippen molar-refractivity contribution >= 4 is 33.2 Å². The molecule has 5 nitrogen and oxygen atoms in total. The number of hydrogen-bond donors (Lipinski definition) is 1. The number of halogens is 1. The highest BCUT2D eigenvalue weighted by Gasteiger charge is 2.41. The maximum Gasteiger partial charge on any atom is 0.265 e. The number of nitrogens with one attached hydrogen (secondary N) is 1. The van der Waals surface area contributed by atoms with Crippen molar-refractivity contribution in [2.45, 2.75) is 26.0 Å². The minimum Gasteiger partial charge on any atom is -0.380 e. The number of carbonyl (C=O) groups is 2. The molecule has 0 aliphatic carbocycles. The van der Waals surface area contributed by atoms with Crippen LogP contribution in [0, 0.1) is 5.82 Å². The zero-order chi connectivity index (χ0) is 17.5. The molecule has 0 unspecified atom stereocenters. The van der Waals surface area contributed by atoms with Gasteiger partial charge in [0.05, 0.1) is 11.5 Å². The van der Waals surface area contributed by atoms with Crippen LogP contribution in [0.2, 0.25) is 0 Å². The molecule has 0 radical (unpaired) electrons. The zero-order valence-corrected chi connectivity index (χ0v) is 14.6.